The van der Waals surface area contributed by atoms with Crippen LogP contribution in [0.2, 0.25) is 5.02 Å². The van der Waals surface area contributed by atoms with Gasteiger partial charge in [-0.25, -0.2) is 8.42 Å². The molecule has 0 bridgehead atoms. The van der Waals surface area contributed by atoms with Crippen LogP contribution in [0, 0.1) is 0 Å². The van der Waals surface area contributed by atoms with E-state index >= 15 is 0 Å². The number of carbonyl (C=O) groups is 1. The molecule has 0 fully saturated rings. The first-order chi connectivity index (χ1) is 12.3. The number of allylic oxidation sites excluding steroid dienone is 1. The quantitative estimate of drug-likeness (QED) is 0.774. The topological polar surface area (TPSA) is 75.7 Å². The minimum Gasteiger partial charge on any atom is -0.476 e. The molecule has 1 aromatic carbocycles. The summed E-state index contributed by atoms with van der Waals surface area (Å²) in [5.74, 6) is 0.0249. The van der Waals surface area contributed by atoms with Gasteiger partial charge in [-0.1, -0.05) is 23.3 Å². The molecule has 26 heavy (non-hydrogen) atoms. The van der Waals surface area contributed by atoms with Crippen molar-refractivity contribution in [3.05, 3.63) is 34.9 Å². The summed E-state index contributed by atoms with van der Waals surface area (Å²) in [5.41, 5.74) is 1.73. The number of hydrogen-bond donors (Lipinski definition) is 1. The Bertz CT molecular complexity index is 822. The molecular formula is C18H23ClN2O4S. The number of fused-ring (bicyclic) bond motifs is 1. The summed E-state index contributed by atoms with van der Waals surface area (Å²) >= 11 is 5.97. The molecule has 1 N–H and O–H groups in total. The van der Waals surface area contributed by atoms with Crippen molar-refractivity contribution >= 4 is 33.2 Å². The normalized spacial score (nSPS) is 20.0. The van der Waals surface area contributed by atoms with Crippen LogP contribution >= 0.6 is 11.6 Å². The van der Waals surface area contributed by atoms with Crippen LogP contribution in [0.25, 0.3) is 0 Å². The Hall–Kier alpha value is -1.73. The number of carbonyl (C=O) groups excluding carboxylic acids is 1. The maximum absolute atomic E-state index is 12.5. The van der Waals surface area contributed by atoms with Gasteiger partial charge in [0.05, 0.1) is 18.5 Å². The Kier molecular flexibility index (Phi) is 5.77. The molecule has 1 heterocycles. The van der Waals surface area contributed by atoms with Gasteiger partial charge in [0.25, 0.3) is 5.91 Å². The molecule has 6 nitrogen and oxygen atoms in total. The van der Waals surface area contributed by atoms with Gasteiger partial charge in [0, 0.05) is 11.6 Å². The van der Waals surface area contributed by atoms with Crippen LogP contribution in [0.1, 0.15) is 32.1 Å². The van der Waals surface area contributed by atoms with Crippen molar-refractivity contribution in [1.82, 2.24) is 5.32 Å². The molecule has 0 unspecified atom stereocenters. The first-order valence-electron chi connectivity index (χ1n) is 8.74. The third kappa shape index (κ3) is 4.51. The largest absolute Gasteiger partial charge is 0.476 e. The molecule has 142 valence electrons. The summed E-state index contributed by atoms with van der Waals surface area (Å²) in [7, 11) is -3.55. The number of nitrogens with zero attached hydrogens (tertiary/aromatic N) is 1. The first kappa shape index (κ1) is 19.0. The molecule has 0 spiro atoms. The molecule has 1 aromatic rings. The molecule has 2 aliphatic rings. The third-order valence-corrected chi connectivity index (χ3v) is 6.00. The van der Waals surface area contributed by atoms with E-state index in [4.69, 9.17) is 16.3 Å². The molecule has 1 amide bonds. The maximum Gasteiger partial charge on any atom is 0.263 e. The number of nitrogens with one attached hydrogen (secondary N) is 1. The second-order valence-corrected chi connectivity index (χ2v) is 9.01. The van der Waals surface area contributed by atoms with Crippen LogP contribution < -0.4 is 14.4 Å². The molecule has 0 saturated carbocycles. The van der Waals surface area contributed by atoms with Gasteiger partial charge >= 0.3 is 0 Å². The Morgan fingerprint density at radius 2 is 2.19 bits per heavy atom. The highest BCUT2D eigenvalue weighted by Gasteiger charge is 2.35. The fraction of sp³-hybridized carbons (Fsp3) is 0.500. The number of halogens is 1. The predicted molar refractivity (Wildman–Crippen MR) is 102 cm³/mol. The van der Waals surface area contributed by atoms with E-state index in [2.05, 4.69) is 11.4 Å². The highest BCUT2D eigenvalue weighted by Crippen LogP contribution is 2.37. The maximum atomic E-state index is 12.5. The highest BCUT2D eigenvalue weighted by molar-refractivity contribution is 7.92. The zero-order valence-corrected chi connectivity index (χ0v) is 16.3. The highest BCUT2D eigenvalue weighted by atomic mass is 35.5. The number of anilines is 1. The van der Waals surface area contributed by atoms with Gasteiger partial charge < -0.3 is 10.1 Å². The van der Waals surface area contributed by atoms with Crippen LogP contribution in [0.4, 0.5) is 5.69 Å². The van der Waals surface area contributed by atoms with Gasteiger partial charge in [0.1, 0.15) is 5.75 Å². The van der Waals surface area contributed by atoms with Gasteiger partial charge in [-0.05, 0) is 50.3 Å². The van der Waals surface area contributed by atoms with E-state index in [9.17, 15) is 13.2 Å². The van der Waals surface area contributed by atoms with Gasteiger partial charge in [0.2, 0.25) is 10.0 Å². The van der Waals surface area contributed by atoms with Crippen molar-refractivity contribution in [3.63, 3.8) is 0 Å². The average Bonchev–Trinajstić information content (AvgIpc) is 2.60. The molecule has 0 aromatic heterocycles. The second kappa shape index (κ2) is 7.88. The lowest BCUT2D eigenvalue weighted by Gasteiger charge is -2.34. The molecular weight excluding hydrogens is 376 g/mol. The SMILES string of the molecule is CS(=O)(=O)N1C[C@H](C(=O)NCCC2=CCCCC2)Oc2ccc(Cl)cc21. The van der Waals surface area contributed by atoms with Gasteiger partial charge in [-0.15, -0.1) is 0 Å². The van der Waals surface area contributed by atoms with Crippen LogP contribution in [-0.2, 0) is 14.8 Å². The smallest absolute Gasteiger partial charge is 0.263 e. The second-order valence-electron chi connectivity index (χ2n) is 6.66. The van der Waals surface area contributed by atoms with Crippen molar-refractivity contribution in [1.29, 1.82) is 0 Å². The summed E-state index contributed by atoms with van der Waals surface area (Å²) in [4.78, 5) is 12.5. The van der Waals surface area contributed by atoms with E-state index < -0.39 is 16.1 Å². The zero-order valence-electron chi connectivity index (χ0n) is 14.7. The first-order valence-corrected chi connectivity index (χ1v) is 11.0. The number of amides is 1. The van der Waals surface area contributed by atoms with Gasteiger partial charge in [-0.3, -0.25) is 9.10 Å². The number of rotatable bonds is 5. The molecule has 8 heteroatoms. The zero-order chi connectivity index (χ0) is 18.7. The van der Waals surface area contributed by atoms with Crippen molar-refractivity contribution in [3.8, 4) is 5.75 Å². The molecule has 0 saturated heterocycles. The number of benzene rings is 1. The fourth-order valence-electron chi connectivity index (χ4n) is 3.27. The van der Waals surface area contributed by atoms with E-state index in [-0.39, 0.29) is 12.5 Å². The fourth-order valence-corrected chi connectivity index (χ4v) is 4.34. The van der Waals surface area contributed by atoms with E-state index in [1.807, 2.05) is 0 Å². The summed E-state index contributed by atoms with van der Waals surface area (Å²) in [5, 5.41) is 3.27. The number of hydrogen-bond acceptors (Lipinski definition) is 4. The summed E-state index contributed by atoms with van der Waals surface area (Å²) in [6.45, 7) is 0.456. The molecule has 3 rings (SSSR count). The van der Waals surface area contributed by atoms with Gasteiger partial charge in [0.15, 0.2) is 6.10 Å². The Balaban J connectivity index is 1.67. The lowest BCUT2D eigenvalue weighted by Crippen LogP contribution is -2.50. The van der Waals surface area contributed by atoms with E-state index in [1.54, 1.807) is 12.1 Å². The Labute approximate surface area is 159 Å². The predicted octanol–water partition coefficient (Wildman–Crippen LogP) is 2.87. The van der Waals surface area contributed by atoms with Crippen molar-refractivity contribution in [2.45, 2.75) is 38.2 Å². The Morgan fingerprint density at radius 3 is 2.88 bits per heavy atom. The molecule has 1 atom stereocenters. The van der Waals surface area contributed by atoms with Crippen molar-refractivity contribution in [2.75, 3.05) is 23.7 Å². The number of sulfonamides is 1. The third-order valence-electron chi connectivity index (χ3n) is 4.61. The van der Waals surface area contributed by atoms with E-state index in [0.717, 1.165) is 25.5 Å². The molecule has 1 aliphatic carbocycles. The van der Waals surface area contributed by atoms with E-state index in [1.165, 1.54) is 28.8 Å². The number of ether oxygens (including phenoxy) is 1. The standard InChI is InChI=1S/C18H23ClN2O4S/c1-26(23,24)21-12-17(25-16-8-7-14(19)11-15(16)21)18(22)20-10-9-13-5-3-2-4-6-13/h5,7-8,11,17H,2-4,6,9-10,12H2,1H3,(H,20,22)/t17-/m1/s1. The summed E-state index contributed by atoms with van der Waals surface area (Å²) < 4.78 is 31.2. The van der Waals surface area contributed by atoms with Crippen LogP contribution in [0.15, 0.2) is 29.8 Å². The van der Waals surface area contributed by atoms with Crippen molar-refractivity contribution < 1.29 is 17.9 Å². The van der Waals surface area contributed by atoms with Gasteiger partial charge in [-0.2, -0.15) is 0 Å². The minimum atomic E-state index is -3.55. The molecule has 0 radical (unpaired) electrons. The van der Waals surface area contributed by atoms with E-state index in [0.29, 0.717) is 23.0 Å². The van der Waals surface area contributed by atoms with Crippen LogP contribution in [0.3, 0.4) is 0 Å². The Morgan fingerprint density at radius 1 is 1.38 bits per heavy atom. The van der Waals surface area contributed by atoms with Crippen LogP contribution in [-0.4, -0.2) is 39.8 Å². The van der Waals surface area contributed by atoms with Crippen molar-refractivity contribution in [2.24, 2.45) is 0 Å². The average molecular weight is 399 g/mol. The lowest BCUT2D eigenvalue weighted by atomic mass is 9.97. The van der Waals surface area contributed by atoms with Crippen LogP contribution in [0.5, 0.6) is 5.75 Å². The molecule has 1 aliphatic heterocycles. The minimum absolute atomic E-state index is 0.0687. The summed E-state index contributed by atoms with van der Waals surface area (Å²) in [6.07, 6.45) is 7.92. The summed E-state index contributed by atoms with van der Waals surface area (Å²) in [6, 6.07) is 4.72. The monoisotopic (exact) mass is 398 g/mol. The lowest BCUT2D eigenvalue weighted by molar-refractivity contribution is -0.127.